The second-order valence-corrected chi connectivity index (χ2v) is 9.36. The smallest absolute Gasteiger partial charge is 0.132 e. The van der Waals surface area contributed by atoms with Crippen molar-refractivity contribution in [2.75, 3.05) is 12.9 Å². The number of thioether (sulfide) groups is 1. The molecule has 5 atom stereocenters. The monoisotopic (exact) mass is 480 g/mol. The van der Waals surface area contributed by atoms with Crippen molar-refractivity contribution >= 4 is 27.7 Å². The summed E-state index contributed by atoms with van der Waals surface area (Å²) in [5.74, 6) is 0. The first kappa shape index (κ1) is 21.3. The van der Waals surface area contributed by atoms with Crippen molar-refractivity contribution < 1.29 is 24.8 Å². The Morgan fingerprint density at radius 3 is 2.66 bits per heavy atom. The third-order valence-corrected chi connectivity index (χ3v) is 7.27. The van der Waals surface area contributed by atoms with E-state index in [-0.39, 0.29) is 0 Å². The van der Waals surface area contributed by atoms with Gasteiger partial charge < -0.3 is 24.8 Å². The van der Waals surface area contributed by atoms with E-state index in [1.165, 1.54) is 28.5 Å². The Morgan fingerprint density at radius 1 is 1.03 bits per heavy atom. The third-order valence-electron chi connectivity index (χ3n) is 5.64. The van der Waals surface area contributed by atoms with Crippen LogP contribution in [-0.4, -0.2) is 51.9 Å². The zero-order chi connectivity index (χ0) is 20.5. The summed E-state index contributed by atoms with van der Waals surface area (Å²) in [4.78, 5) is 0. The first-order chi connectivity index (χ1) is 14.0. The number of ether oxygens (including phenoxy) is 2. The maximum absolute atomic E-state index is 10.5. The topological polar surface area (TPSA) is 79.2 Å². The Morgan fingerprint density at radius 2 is 1.86 bits per heavy atom. The number of aliphatic hydroxyl groups excluding tert-OH is 3. The van der Waals surface area contributed by atoms with Gasteiger partial charge in [-0.05, 0) is 53.0 Å². The molecule has 2 aliphatic rings. The fraction of sp³-hybridized carbons (Fsp3) is 0.455. The maximum Gasteiger partial charge on any atom is 0.132 e. The molecule has 3 N–H and O–H groups in total. The highest BCUT2D eigenvalue weighted by Crippen LogP contribution is 2.37. The lowest BCUT2D eigenvalue weighted by molar-refractivity contribution is -0.200. The normalized spacial score (nSPS) is 29.5. The lowest BCUT2D eigenvalue weighted by Gasteiger charge is -2.40. The van der Waals surface area contributed by atoms with Gasteiger partial charge in [0, 0.05) is 4.47 Å². The van der Waals surface area contributed by atoms with E-state index in [1.807, 2.05) is 24.5 Å². The number of aliphatic hydroxyl groups is 3. The van der Waals surface area contributed by atoms with E-state index in [0.29, 0.717) is 6.61 Å². The maximum atomic E-state index is 10.5. The van der Waals surface area contributed by atoms with Crippen molar-refractivity contribution in [1.29, 1.82) is 0 Å². The van der Waals surface area contributed by atoms with E-state index in [1.54, 1.807) is 0 Å². The predicted octanol–water partition coefficient (Wildman–Crippen LogP) is 2.96. The summed E-state index contributed by atoms with van der Waals surface area (Å²) in [7, 11) is 0. The summed E-state index contributed by atoms with van der Waals surface area (Å²) in [6.07, 6.45) is -0.777. The average Bonchev–Trinajstić information content (AvgIpc) is 2.74. The molecule has 0 aliphatic carbocycles. The van der Waals surface area contributed by atoms with Crippen molar-refractivity contribution in [2.24, 2.45) is 0 Å². The molecule has 0 radical (unpaired) electrons. The van der Waals surface area contributed by atoms with Crippen LogP contribution in [0.1, 0.15) is 33.9 Å². The number of halogens is 1. The molecule has 2 aliphatic heterocycles. The Bertz CT molecular complexity index is 874. The van der Waals surface area contributed by atoms with Crippen LogP contribution in [0.5, 0.6) is 0 Å². The molecule has 2 heterocycles. The highest BCUT2D eigenvalue weighted by atomic mass is 79.9. The van der Waals surface area contributed by atoms with E-state index in [4.69, 9.17) is 9.47 Å². The summed E-state index contributed by atoms with van der Waals surface area (Å²) in [5, 5.41) is 30.8. The lowest BCUT2D eigenvalue weighted by atomic mass is 9.92. The Hall–Kier alpha value is -0.930. The fourth-order valence-electron chi connectivity index (χ4n) is 3.98. The van der Waals surface area contributed by atoms with Gasteiger partial charge in [0.15, 0.2) is 0 Å². The number of fused-ring (bicyclic) bond motifs is 1. The molecule has 5 nitrogen and oxygen atoms in total. The number of rotatable bonds is 4. The number of hydrogen-bond donors (Lipinski definition) is 3. The largest absolute Gasteiger partial charge is 0.387 e. The van der Waals surface area contributed by atoms with Crippen molar-refractivity contribution in [1.82, 2.24) is 0 Å². The molecule has 0 amide bonds. The molecule has 5 unspecified atom stereocenters. The molecular weight excluding hydrogens is 456 g/mol. The first-order valence-electron chi connectivity index (χ1n) is 9.67. The minimum absolute atomic E-state index is 0.592. The van der Waals surface area contributed by atoms with Gasteiger partial charge in [-0.3, -0.25) is 0 Å². The number of benzene rings is 2. The highest BCUT2D eigenvalue weighted by molar-refractivity contribution is 9.10. The Balaban J connectivity index is 1.59. The van der Waals surface area contributed by atoms with E-state index >= 15 is 0 Å². The summed E-state index contributed by atoms with van der Waals surface area (Å²) < 4.78 is 12.5. The summed E-state index contributed by atoms with van der Waals surface area (Å²) >= 11 is 4.94. The molecule has 2 aromatic carbocycles. The minimum Gasteiger partial charge on any atom is -0.387 e. The SMILES string of the molecule is CSC1OC(c2ccc(Br)c(Cc3ccc4c(c3)COCC4)c2)C(O)C(O)C1O. The van der Waals surface area contributed by atoms with Crippen LogP contribution in [0, 0.1) is 0 Å². The van der Waals surface area contributed by atoms with Crippen LogP contribution in [0.25, 0.3) is 0 Å². The van der Waals surface area contributed by atoms with Gasteiger partial charge in [0.1, 0.15) is 29.9 Å². The van der Waals surface area contributed by atoms with Gasteiger partial charge in [0.05, 0.1) is 13.2 Å². The zero-order valence-corrected chi connectivity index (χ0v) is 18.5. The lowest BCUT2D eigenvalue weighted by Crippen LogP contribution is -2.52. The van der Waals surface area contributed by atoms with Crippen LogP contribution < -0.4 is 0 Å². The molecule has 29 heavy (non-hydrogen) atoms. The summed E-state index contributed by atoms with van der Waals surface area (Å²) in [6, 6.07) is 12.3. The number of hydrogen-bond acceptors (Lipinski definition) is 6. The average molecular weight is 481 g/mol. The van der Waals surface area contributed by atoms with Crippen molar-refractivity contribution in [3.05, 3.63) is 68.7 Å². The molecule has 7 heteroatoms. The van der Waals surface area contributed by atoms with Crippen LogP contribution in [0.2, 0.25) is 0 Å². The molecule has 4 rings (SSSR count). The van der Waals surface area contributed by atoms with E-state index in [0.717, 1.165) is 35.0 Å². The summed E-state index contributed by atoms with van der Waals surface area (Å²) in [5.41, 5.74) is 5.04. The standard InChI is InChI=1S/C22H25BrO5S/c1-29-22-20(26)18(24)19(25)21(28-22)14-4-5-17(23)15(10-14)8-12-2-3-13-6-7-27-11-16(13)9-12/h2-5,9-10,18-22,24-26H,6-8,11H2,1H3. The van der Waals surface area contributed by atoms with Crippen molar-refractivity contribution in [2.45, 2.75) is 49.3 Å². The van der Waals surface area contributed by atoms with Gasteiger partial charge >= 0.3 is 0 Å². The molecule has 1 saturated heterocycles. The third kappa shape index (κ3) is 4.42. The molecule has 0 saturated carbocycles. The molecule has 2 aromatic rings. The van der Waals surface area contributed by atoms with Gasteiger partial charge in [-0.25, -0.2) is 0 Å². The molecule has 1 fully saturated rings. The van der Waals surface area contributed by atoms with Crippen LogP contribution in [0.3, 0.4) is 0 Å². The Labute approximate surface area is 183 Å². The van der Waals surface area contributed by atoms with Gasteiger partial charge in [-0.15, -0.1) is 11.8 Å². The van der Waals surface area contributed by atoms with Gasteiger partial charge in [0.25, 0.3) is 0 Å². The van der Waals surface area contributed by atoms with E-state index in [9.17, 15) is 15.3 Å². The highest BCUT2D eigenvalue weighted by Gasteiger charge is 2.44. The van der Waals surface area contributed by atoms with E-state index < -0.39 is 29.9 Å². The zero-order valence-electron chi connectivity index (χ0n) is 16.1. The van der Waals surface area contributed by atoms with Gasteiger partial charge in [-0.2, -0.15) is 0 Å². The minimum atomic E-state index is -1.25. The fourth-order valence-corrected chi connectivity index (χ4v) is 5.03. The molecule has 156 valence electrons. The second kappa shape index (κ2) is 9.06. The van der Waals surface area contributed by atoms with Gasteiger partial charge in [0.2, 0.25) is 0 Å². The predicted molar refractivity (Wildman–Crippen MR) is 116 cm³/mol. The van der Waals surface area contributed by atoms with Gasteiger partial charge in [-0.1, -0.05) is 46.3 Å². The Kier molecular flexibility index (Phi) is 6.65. The van der Waals surface area contributed by atoms with E-state index in [2.05, 4.69) is 34.1 Å². The molecule has 0 spiro atoms. The first-order valence-corrected chi connectivity index (χ1v) is 11.7. The molecular formula is C22H25BrO5S. The van der Waals surface area contributed by atoms with Crippen LogP contribution >= 0.6 is 27.7 Å². The van der Waals surface area contributed by atoms with Crippen LogP contribution in [0.4, 0.5) is 0 Å². The summed E-state index contributed by atoms with van der Waals surface area (Å²) in [6.45, 7) is 1.43. The second-order valence-electron chi connectivity index (χ2n) is 7.57. The molecule has 0 bridgehead atoms. The van der Waals surface area contributed by atoms with Crippen molar-refractivity contribution in [3.8, 4) is 0 Å². The van der Waals surface area contributed by atoms with Crippen LogP contribution in [-0.2, 0) is 28.9 Å². The molecule has 0 aromatic heterocycles. The van der Waals surface area contributed by atoms with Crippen LogP contribution in [0.15, 0.2) is 40.9 Å². The van der Waals surface area contributed by atoms with Crippen molar-refractivity contribution in [3.63, 3.8) is 0 Å². The quantitative estimate of drug-likeness (QED) is 0.624.